The van der Waals surface area contributed by atoms with E-state index in [1.165, 1.54) is 12.7 Å². The maximum atomic E-state index is 12.9. The van der Waals surface area contributed by atoms with E-state index in [0.717, 1.165) is 16.8 Å². The summed E-state index contributed by atoms with van der Waals surface area (Å²) in [6, 6.07) is 11.1. The fourth-order valence-electron chi connectivity index (χ4n) is 3.67. The number of ether oxygens (including phenoxy) is 3. The number of hydrogen-bond acceptors (Lipinski definition) is 5. The normalized spacial score (nSPS) is 16.3. The summed E-state index contributed by atoms with van der Waals surface area (Å²) in [5.41, 5.74) is 5.09. The molecule has 2 aromatic carbocycles. The average Bonchev–Trinajstić information content (AvgIpc) is 2.74. The molecule has 158 valence electrons. The van der Waals surface area contributed by atoms with Crippen LogP contribution in [0.1, 0.15) is 29.7 Å². The summed E-state index contributed by atoms with van der Waals surface area (Å²) in [5.74, 6) is 0.668. The van der Waals surface area contributed by atoms with Crippen molar-refractivity contribution in [3.05, 3.63) is 64.4 Å². The van der Waals surface area contributed by atoms with Gasteiger partial charge in [0.15, 0.2) is 16.6 Å². The first-order valence-corrected chi connectivity index (χ1v) is 9.92. The van der Waals surface area contributed by atoms with E-state index < -0.39 is 12.0 Å². The zero-order chi connectivity index (χ0) is 22.0. The fourth-order valence-corrected chi connectivity index (χ4v) is 4.03. The van der Waals surface area contributed by atoms with Crippen LogP contribution >= 0.6 is 12.2 Å². The number of thiocarbonyl (C=S) groups is 1. The zero-order valence-electron chi connectivity index (χ0n) is 18.0. The smallest absolute Gasteiger partial charge is 0.337 e. The number of esters is 1. The number of hydrogen-bond donors (Lipinski definition) is 1. The number of carbonyl (C=O) groups is 1. The minimum absolute atomic E-state index is 0.439. The van der Waals surface area contributed by atoms with E-state index in [-0.39, 0.29) is 0 Å². The summed E-state index contributed by atoms with van der Waals surface area (Å²) >= 11 is 5.71. The van der Waals surface area contributed by atoms with Gasteiger partial charge in [0, 0.05) is 16.9 Å². The first-order valence-electron chi connectivity index (χ1n) is 9.51. The third-order valence-corrected chi connectivity index (χ3v) is 5.68. The summed E-state index contributed by atoms with van der Waals surface area (Å²) < 4.78 is 16.2. The van der Waals surface area contributed by atoms with Gasteiger partial charge in [0.05, 0.1) is 32.9 Å². The van der Waals surface area contributed by atoms with Gasteiger partial charge in [0.2, 0.25) is 0 Å². The lowest BCUT2D eigenvalue weighted by Crippen LogP contribution is -2.48. The van der Waals surface area contributed by atoms with Crippen LogP contribution in [0.5, 0.6) is 11.5 Å². The van der Waals surface area contributed by atoms with Gasteiger partial charge in [0.25, 0.3) is 0 Å². The van der Waals surface area contributed by atoms with Gasteiger partial charge in [0.1, 0.15) is 0 Å². The van der Waals surface area contributed by atoms with Crippen molar-refractivity contribution in [1.82, 2.24) is 5.32 Å². The molecule has 1 heterocycles. The predicted octanol–water partition coefficient (Wildman–Crippen LogP) is 4.20. The van der Waals surface area contributed by atoms with Crippen LogP contribution in [0.4, 0.5) is 5.69 Å². The molecule has 30 heavy (non-hydrogen) atoms. The number of benzene rings is 2. The molecule has 7 heteroatoms. The Kier molecular flexibility index (Phi) is 6.31. The maximum absolute atomic E-state index is 12.9. The molecule has 1 unspecified atom stereocenters. The Morgan fingerprint density at radius 1 is 1.03 bits per heavy atom. The maximum Gasteiger partial charge on any atom is 0.337 e. The third-order valence-electron chi connectivity index (χ3n) is 5.38. The second-order valence-corrected chi connectivity index (χ2v) is 7.45. The second kappa shape index (κ2) is 8.75. The van der Waals surface area contributed by atoms with Crippen molar-refractivity contribution >= 4 is 29.0 Å². The van der Waals surface area contributed by atoms with Crippen LogP contribution in [-0.2, 0) is 9.53 Å². The summed E-state index contributed by atoms with van der Waals surface area (Å²) in [6.07, 6.45) is 0. The fraction of sp³-hybridized carbons (Fsp3) is 0.304. The first-order chi connectivity index (χ1) is 14.3. The molecule has 0 fully saturated rings. The van der Waals surface area contributed by atoms with Gasteiger partial charge >= 0.3 is 5.97 Å². The number of para-hydroxylation sites is 1. The topological polar surface area (TPSA) is 60.0 Å². The minimum atomic E-state index is -0.544. The Morgan fingerprint density at radius 2 is 1.77 bits per heavy atom. The van der Waals surface area contributed by atoms with E-state index in [9.17, 15) is 4.79 Å². The van der Waals surface area contributed by atoms with Gasteiger partial charge in [-0.3, -0.25) is 4.90 Å². The summed E-state index contributed by atoms with van der Waals surface area (Å²) in [7, 11) is 4.51. The number of nitrogens with one attached hydrogen (secondary N) is 1. The molecule has 0 spiro atoms. The van der Waals surface area contributed by atoms with Gasteiger partial charge in [-0.15, -0.1) is 0 Å². The molecule has 0 saturated heterocycles. The van der Waals surface area contributed by atoms with Crippen molar-refractivity contribution in [3.8, 4) is 11.5 Å². The molecule has 0 aromatic heterocycles. The molecular formula is C23H26N2O4S. The van der Waals surface area contributed by atoms with Crippen molar-refractivity contribution in [2.24, 2.45) is 0 Å². The van der Waals surface area contributed by atoms with E-state index in [4.69, 9.17) is 26.4 Å². The minimum Gasteiger partial charge on any atom is -0.493 e. The summed E-state index contributed by atoms with van der Waals surface area (Å²) in [5, 5.41) is 3.78. The van der Waals surface area contributed by atoms with Crippen LogP contribution < -0.4 is 19.7 Å². The second-order valence-electron chi connectivity index (χ2n) is 7.06. The number of methoxy groups -OCH3 is 3. The van der Waals surface area contributed by atoms with Crippen molar-refractivity contribution in [1.29, 1.82) is 0 Å². The van der Waals surface area contributed by atoms with Gasteiger partial charge in [-0.25, -0.2) is 4.79 Å². The molecule has 3 rings (SSSR count). The molecule has 0 radical (unpaired) electrons. The molecule has 1 N–H and O–H groups in total. The molecule has 1 aliphatic heterocycles. The van der Waals surface area contributed by atoms with E-state index in [1.807, 2.05) is 49.1 Å². The predicted molar refractivity (Wildman–Crippen MR) is 121 cm³/mol. The van der Waals surface area contributed by atoms with Crippen molar-refractivity contribution in [2.75, 3.05) is 26.2 Å². The lowest BCUT2D eigenvalue weighted by Gasteiger charge is -2.38. The van der Waals surface area contributed by atoms with E-state index in [1.54, 1.807) is 20.3 Å². The lowest BCUT2D eigenvalue weighted by molar-refractivity contribution is -0.136. The van der Waals surface area contributed by atoms with Crippen LogP contribution in [0, 0.1) is 13.8 Å². The summed E-state index contributed by atoms with van der Waals surface area (Å²) in [4.78, 5) is 14.7. The highest BCUT2D eigenvalue weighted by atomic mass is 32.1. The molecule has 0 aliphatic carbocycles. The molecule has 6 nitrogen and oxygen atoms in total. The van der Waals surface area contributed by atoms with Gasteiger partial charge in [-0.1, -0.05) is 18.2 Å². The van der Waals surface area contributed by atoms with Crippen molar-refractivity contribution in [3.63, 3.8) is 0 Å². The lowest BCUT2D eigenvalue weighted by atomic mass is 9.93. The molecule has 1 atom stereocenters. The number of carbonyl (C=O) groups excluding carboxylic acids is 1. The standard InChI is InChI=1S/C23H26N2O4S/c1-13-10-11-16(12-14(13)2)25-15(3)19(22(26)29-6)20(24-23(25)30)17-8-7-9-18(27-4)21(17)28-5/h7-12,20H,1-6H3,(H,24,30). The van der Waals surface area contributed by atoms with Gasteiger partial charge < -0.3 is 19.5 Å². The van der Waals surface area contributed by atoms with Crippen LogP contribution in [0.2, 0.25) is 0 Å². The highest BCUT2D eigenvalue weighted by Crippen LogP contribution is 2.41. The number of rotatable bonds is 5. The highest BCUT2D eigenvalue weighted by molar-refractivity contribution is 7.80. The van der Waals surface area contributed by atoms with Crippen LogP contribution in [0.3, 0.4) is 0 Å². The Hall–Kier alpha value is -3.06. The quantitative estimate of drug-likeness (QED) is 0.568. The molecule has 0 saturated carbocycles. The Bertz CT molecular complexity index is 1030. The molecule has 0 amide bonds. The molecule has 2 aromatic rings. The van der Waals surface area contributed by atoms with E-state index in [2.05, 4.69) is 12.2 Å². The van der Waals surface area contributed by atoms with Crippen LogP contribution in [0.25, 0.3) is 0 Å². The third kappa shape index (κ3) is 3.73. The Balaban J connectivity index is 2.20. The first kappa shape index (κ1) is 21.6. The largest absolute Gasteiger partial charge is 0.493 e. The van der Waals surface area contributed by atoms with Gasteiger partial charge in [-0.2, -0.15) is 0 Å². The van der Waals surface area contributed by atoms with Crippen molar-refractivity contribution < 1.29 is 19.0 Å². The Morgan fingerprint density at radius 3 is 2.37 bits per heavy atom. The van der Waals surface area contributed by atoms with E-state index >= 15 is 0 Å². The Labute approximate surface area is 182 Å². The van der Waals surface area contributed by atoms with E-state index in [0.29, 0.717) is 27.9 Å². The number of nitrogens with zero attached hydrogens (tertiary/aromatic N) is 1. The molecular weight excluding hydrogens is 400 g/mol. The van der Waals surface area contributed by atoms with Gasteiger partial charge in [-0.05, 0) is 62.3 Å². The zero-order valence-corrected chi connectivity index (χ0v) is 18.8. The highest BCUT2D eigenvalue weighted by Gasteiger charge is 2.37. The van der Waals surface area contributed by atoms with Crippen LogP contribution in [-0.4, -0.2) is 32.4 Å². The summed E-state index contributed by atoms with van der Waals surface area (Å²) in [6.45, 7) is 5.97. The monoisotopic (exact) mass is 426 g/mol. The number of anilines is 1. The number of allylic oxidation sites excluding steroid dienone is 1. The average molecular weight is 427 g/mol. The van der Waals surface area contributed by atoms with Crippen molar-refractivity contribution in [2.45, 2.75) is 26.8 Å². The number of aryl methyl sites for hydroxylation is 2. The SMILES string of the molecule is COC(=O)C1=C(C)N(c2ccc(C)c(C)c2)C(=S)NC1c1cccc(OC)c1OC. The van der Waals surface area contributed by atoms with Crippen LogP contribution in [0.15, 0.2) is 47.7 Å². The molecule has 1 aliphatic rings. The molecule has 0 bridgehead atoms.